The molecule has 1 amide bonds. The molecule has 0 aliphatic rings. The Kier molecular flexibility index (Phi) is 16.9. The van der Waals surface area contributed by atoms with Gasteiger partial charge >= 0.3 is 16.8 Å². The van der Waals surface area contributed by atoms with E-state index in [9.17, 15) is 4.79 Å². The van der Waals surface area contributed by atoms with E-state index in [0.717, 1.165) is 11.0 Å². The van der Waals surface area contributed by atoms with Crippen molar-refractivity contribution in [1.29, 1.82) is 0 Å². The van der Waals surface area contributed by atoms with Crippen molar-refractivity contribution < 1.29 is 40.8 Å². The number of nitrogens with zero attached hydrogens (tertiary/aromatic N) is 3. The number of aromatic nitrogens is 2. The zero-order chi connectivity index (χ0) is 29.5. The normalized spacial score (nSPS) is 9.68. The van der Waals surface area contributed by atoms with Crippen LogP contribution in [0.25, 0.3) is 33.1 Å². The Labute approximate surface area is 245 Å². The zero-order valence-corrected chi connectivity index (χ0v) is 24.8. The van der Waals surface area contributed by atoms with Crippen LogP contribution in [0.4, 0.5) is 0 Å². The van der Waals surface area contributed by atoms with Crippen LogP contribution in [0.15, 0.2) is 42.5 Å². The molecule has 3 aromatic rings. The van der Waals surface area contributed by atoms with Crippen molar-refractivity contribution in [1.82, 2.24) is 15.3 Å². The number of hydrogen-bond donors (Lipinski definition) is 1. The van der Waals surface area contributed by atoms with Crippen LogP contribution < -0.4 is 5.32 Å². The average Bonchev–Trinajstić information content (AvgIpc) is 2.90. The van der Waals surface area contributed by atoms with E-state index in [4.69, 9.17) is 24.9 Å². The smallest absolute Gasteiger partial charge is 0.679 e. The first-order chi connectivity index (χ1) is 18.4. The van der Waals surface area contributed by atoms with Crippen molar-refractivity contribution >= 4 is 51.1 Å². The van der Waals surface area contributed by atoms with Gasteiger partial charge in [-0.1, -0.05) is 18.2 Å². The first-order valence-electron chi connectivity index (χ1n) is 12.4. The molecule has 0 atom stereocenters. The van der Waals surface area contributed by atoms with Crippen LogP contribution in [0.1, 0.15) is 51.9 Å². The first-order valence-corrected chi connectivity index (χ1v) is 12.4. The number of para-hydroxylation sites is 3. The van der Waals surface area contributed by atoms with Crippen molar-refractivity contribution in [3.63, 3.8) is 0 Å². The van der Waals surface area contributed by atoms with E-state index in [-0.39, 0.29) is 52.4 Å². The van der Waals surface area contributed by atoms with Crippen molar-refractivity contribution in [2.75, 3.05) is 26.2 Å². The topological polar surface area (TPSA) is 178 Å². The molecule has 2 aromatic carbocycles. The number of carbonyl (C=O) groups is 1. The monoisotopic (exact) mass is 596 g/mol. The average molecular weight is 597 g/mol. The van der Waals surface area contributed by atoms with Gasteiger partial charge < -0.3 is 35.5 Å². The van der Waals surface area contributed by atoms with Crippen molar-refractivity contribution in [3.05, 3.63) is 70.9 Å². The minimum atomic E-state index is -0.179. The molecule has 0 aliphatic carbocycles. The predicted molar refractivity (Wildman–Crippen MR) is 160 cm³/mol. The summed E-state index contributed by atoms with van der Waals surface area (Å²) in [7, 11) is 0. The van der Waals surface area contributed by atoms with Gasteiger partial charge in [0.1, 0.15) is 5.52 Å². The number of rotatable bonds is 10. The Morgan fingerprint density at radius 1 is 0.800 bits per heavy atom. The second-order valence-electron chi connectivity index (χ2n) is 8.65. The summed E-state index contributed by atoms with van der Waals surface area (Å²) in [5, 5.41) is 6.96. The molecule has 1 heterocycles. The van der Waals surface area contributed by atoms with Crippen LogP contribution >= 0.6 is 0 Å². The first kappa shape index (κ1) is 36.4. The molecule has 40 heavy (non-hydrogen) atoms. The summed E-state index contributed by atoms with van der Waals surface area (Å²) in [5.74, 6) is 1.60. The molecule has 11 heteroatoms. The largest absolute Gasteiger partial charge is 3.00 e. The van der Waals surface area contributed by atoms with E-state index in [0.29, 0.717) is 48.1 Å². The summed E-state index contributed by atoms with van der Waals surface area (Å²) in [6, 6.07) is 13.0. The number of nitrogens with one attached hydrogen (secondary N) is 2. The summed E-state index contributed by atoms with van der Waals surface area (Å²) < 4.78 is 0. The summed E-state index contributed by atoms with van der Waals surface area (Å²) in [4.78, 5) is 56.3. The van der Waals surface area contributed by atoms with Gasteiger partial charge in [-0.05, 0) is 30.8 Å². The number of carbonyl (C=O) groups excluding carboxylic acids is 5. The van der Waals surface area contributed by atoms with Crippen LogP contribution in [0.3, 0.4) is 0 Å². The van der Waals surface area contributed by atoms with E-state index < -0.39 is 0 Å². The molecule has 0 fully saturated rings. The molecule has 0 unspecified atom stereocenters. The Morgan fingerprint density at radius 3 is 1.73 bits per heavy atom. The third-order valence-corrected chi connectivity index (χ3v) is 5.61. The maximum Gasteiger partial charge on any atom is 3.00 e. The number of benzene rings is 2. The minimum absolute atomic E-state index is 0. The van der Waals surface area contributed by atoms with Crippen molar-refractivity contribution in [2.24, 2.45) is 0 Å². The molecule has 0 spiro atoms. The maximum atomic E-state index is 12.4. The molecule has 0 radical (unpaired) electrons. The summed E-state index contributed by atoms with van der Waals surface area (Å²) in [5.41, 5.74) is 10.4. The second-order valence-corrected chi connectivity index (χ2v) is 8.65. The van der Waals surface area contributed by atoms with Crippen LogP contribution in [0, 0.1) is 11.8 Å². The van der Waals surface area contributed by atoms with E-state index in [1.165, 1.54) is 27.7 Å². The van der Waals surface area contributed by atoms with Crippen LogP contribution in [0.2, 0.25) is 0 Å². The fourth-order valence-corrected chi connectivity index (χ4v) is 2.88. The molecular formula is C29H39CoN5O5+3. The van der Waals surface area contributed by atoms with Gasteiger partial charge in [-0.15, -0.1) is 18.4 Å². The molecule has 0 aliphatic heterocycles. The Hall–Kier alpha value is -3.64. The molecule has 1 aromatic heterocycles. The molecule has 0 bridgehead atoms. The van der Waals surface area contributed by atoms with Gasteiger partial charge in [0, 0.05) is 27.7 Å². The quantitative estimate of drug-likeness (QED) is 0.120. The Morgan fingerprint density at radius 2 is 1.27 bits per heavy atom. The summed E-state index contributed by atoms with van der Waals surface area (Å²) >= 11 is 0. The molecule has 216 valence electrons. The van der Waals surface area contributed by atoms with E-state index in [1.807, 2.05) is 36.4 Å². The Balaban J connectivity index is 0.000000744. The third kappa shape index (κ3) is 12.0. The van der Waals surface area contributed by atoms with Gasteiger partial charge in [0.25, 0.3) is 5.91 Å². The molecule has 3 rings (SSSR count). The number of hydrogen-bond acceptors (Lipinski definition) is 3. The number of ketones is 4. The second kappa shape index (κ2) is 18.6. The maximum absolute atomic E-state index is 12.4. The van der Waals surface area contributed by atoms with Crippen LogP contribution in [-0.4, -0.2) is 84.4 Å². The summed E-state index contributed by atoms with van der Waals surface area (Å²) in [6.07, 6.45) is 0. The number of amides is 1. The molecule has 10 nitrogen and oxygen atoms in total. The van der Waals surface area contributed by atoms with Gasteiger partial charge in [0.15, 0.2) is 23.1 Å². The van der Waals surface area contributed by atoms with Gasteiger partial charge in [0.05, 0.1) is 22.1 Å². The predicted octanol–water partition coefficient (Wildman–Crippen LogP) is 4.36. The Bertz CT molecular complexity index is 1260. The molecular weight excluding hydrogens is 557 g/mol. The van der Waals surface area contributed by atoms with Crippen molar-refractivity contribution in [2.45, 2.75) is 41.5 Å². The van der Waals surface area contributed by atoms with E-state index >= 15 is 0 Å². The fraction of sp³-hybridized carbons (Fsp3) is 0.345. The van der Waals surface area contributed by atoms with Crippen LogP contribution in [0.5, 0.6) is 0 Å². The van der Waals surface area contributed by atoms with Gasteiger partial charge in [0.2, 0.25) is 0 Å². The van der Waals surface area contributed by atoms with Gasteiger partial charge in [-0.3, -0.25) is 4.79 Å². The van der Waals surface area contributed by atoms with Crippen molar-refractivity contribution in [3.8, 4) is 0 Å². The zero-order valence-electron chi connectivity index (χ0n) is 23.7. The minimum Gasteiger partial charge on any atom is -0.679 e. The molecule has 0 saturated heterocycles. The van der Waals surface area contributed by atoms with E-state index in [2.05, 4.69) is 20.6 Å². The number of fused-ring (bicyclic) bond motifs is 2. The third-order valence-electron chi connectivity index (χ3n) is 5.61. The fourth-order valence-electron chi connectivity index (χ4n) is 2.88. The standard InChI is InChI=1S/C17H17N5O.2C6H9O2.Co/c18-8-9-19-10-11-20-17(23)12-4-3-7-15-16(12)22-14-6-2-1-5-13(14)21-15;2*1-4(5(2)7)6(3)8;/h1-7,18H,8-11H2,(H,20,23);2*1-3H3;/q-2;2*-1;+3/p+4. The molecule has 6 N–H and O–H groups in total. The van der Waals surface area contributed by atoms with Crippen LogP contribution in [-0.2, 0) is 16.8 Å². The van der Waals surface area contributed by atoms with Gasteiger partial charge in [-0.25, -0.2) is 9.97 Å². The summed E-state index contributed by atoms with van der Waals surface area (Å²) in [6.45, 7) is 11.2. The SMILES string of the molecule is CC(=[OH+])[C-](C)C(C)=[OH+].CC(=[OH+])[C-](C)C(C)=[OH+].[Co+3].[NH-]CC[N-]CCNC(=O)c1cccc2nc3ccccc3nc12. The van der Waals surface area contributed by atoms with Gasteiger partial charge in [-0.2, -0.15) is 26.9 Å². The van der Waals surface area contributed by atoms with E-state index in [1.54, 1.807) is 19.9 Å². The molecule has 0 saturated carbocycles.